The molecule has 15 heavy (non-hydrogen) atoms. The molecule has 1 aliphatic rings. The lowest BCUT2D eigenvalue weighted by Crippen LogP contribution is -2.29. The highest BCUT2D eigenvalue weighted by Gasteiger charge is 2.28. The third-order valence-corrected chi connectivity index (χ3v) is 3.59. The number of benzene rings is 1. The molecule has 1 aromatic rings. The summed E-state index contributed by atoms with van der Waals surface area (Å²) in [6.45, 7) is 1.73. The molecule has 1 atom stereocenters. The summed E-state index contributed by atoms with van der Waals surface area (Å²) in [6.07, 6.45) is 1.89. The Bertz CT molecular complexity index is 339. The second kappa shape index (κ2) is 4.79. The highest BCUT2D eigenvalue weighted by molar-refractivity contribution is 9.10. The van der Waals surface area contributed by atoms with E-state index in [1.54, 1.807) is 0 Å². The van der Waals surface area contributed by atoms with Crippen molar-refractivity contribution in [2.75, 3.05) is 13.1 Å². The smallest absolute Gasteiger partial charge is 0.236 e. The lowest BCUT2D eigenvalue weighted by Gasteiger charge is -2.15. The van der Waals surface area contributed by atoms with Crippen LogP contribution in [0, 0.1) is 0 Å². The van der Waals surface area contributed by atoms with E-state index in [9.17, 15) is 4.79 Å². The Morgan fingerprint density at radius 2 is 2.07 bits per heavy atom. The third-order valence-electron chi connectivity index (χ3n) is 2.75. The second-order valence-corrected chi connectivity index (χ2v) is 4.92. The molecule has 1 fully saturated rings. The highest BCUT2D eigenvalue weighted by Crippen LogP contribution is 2.18. The van der Waals surface area contributed by atoms with E-state index in [1.165, 1.54) is 5.56 Å². The Morgan fingerprint density at radius 1 is 1.33 bits per heavy atom. The van der Waals surface area contributed by atoms with Crippen molar-refractivity contribution in [2.24, 2.45) is 0 Å². The van der Waals surface area contributed by atoms with Gasteiger partial charge in [-0.2, -0.15) is 0 Å². The molecule has 0 bridgehead atoms. The number of likely N-dealkylation sites (tertiary alicyclic amines) is 1. The fraction of sp³-hybridized carbons (Fsp3) is 0.417. The average Bonchev–Trinajstić information content (AvgIpc) is 2.59. The van der Waals surface area contributed by atoms with Crippen molar-refractivity contribution in [3.8, 4) is 0 Å². The molecule has 0 aromatic heterocycles. The van der Waals surface area contributed by atoms with Gasteiger partial charge in [0.2, 0.25) is 5.91 Å². The van der Waals surface area contributed by atoms with Gasteiger partial charge < -0.3 is 4.90 Å². The van der Waals surface area contributed by atoms with Gasteiger partial charge in [0, 0.05) is 13.1 Å². The summed E-state index contributed by atoms with van der Waals surface area (Å²) in [5, 5.41) is 0. The Balaban J connectivity index is 1.87. The SMILES string of the molecule is O=C1C(Br)CCN1CCc1ccccc1. The summed E-state index contributed by atoms with van der Waals surface area (Å²) in [6, 6.07) is 10.3. The van der Waals surface area contributed by atoms with E-state index in [-0.39, 0.29) is 10.7 Å². The van der Waals surface area contributed by atoms with E-state index in [4.69, 9.17) is 0 Å². The summed E-state index contributed by atoms with van der Waals surface area (Å²) < 4.78 is 0. The van der Waals surface area contributed by atoms with Crippen molar-refractivity contribution in [2.45, 2.75) is 17.7 Å². The van der Waals surface area contributed by atoms with Crippen LogP contribution in [0.5, 0.6) is 0 Å². The highest BCUT2D eigenvalue weighted by atomic mass is 79.9. The van der Waals surface area contributed by atoms with Gasteiger partial charge in [-0.1, -0.05) is 46.3 Å². The van der Waals surface area contributed by atoms with Crippen molar-refractivity contribution >= 4 is 21.8 Å². The Kier molecular flexibility index (Phi) is 3.41. The van der Waals surface area contributed by atoms with E-state index in [0.717, 1.165) is 25.9 Å². The summed E-state index contributed by atoms with van der Waals surface area (Å²) in [4.78, 5) is 13.6. The molecule has 1 aromatic carbocycles. The largest absolute Gasteiger partial charge is 0.341 e. The molecule has 0 radical (unpaired) electrons. The number of nitrogens with zero attached hydrogens (tertiary/aromatic N) is 1. The molecule has 1 aliphatic heterocycles. The summed E-state index contributed by atoms with van der Waals surface area (Å²) in [5.41, 5.74) is 1.29. The lowest BCUT2D eigenvalue weighted by atomic mass is 10.1. The van der Waals surface area contributed by atoms with Crippen LogP contribution in [0.25, 0.3) is 0 Å². The van der Waals surface area contributed by atoms with Crippen LogP contribution in [0.4, 0.5) is 0 Å². The number of carbonyl (C=O) groups excluding carboxylic acids is 1. The molecule has 2 rings (SSSR count). The van der Waals surface area contributed by atoms with Gasteiger partial charge in [0.25, 0.3) is 0 Å². The standard InChI is InChI=1S/C12H14BrNO/c13-11-7-9-14(12(11)15)8-6-10-4-2-1-3-5-10/h1-5,11H,6-9H2. The molecule has 0 aliphatic carbocycles. The number of halogens is 1. The molecule has 0 spiro atoms. The van der Waals surface area contributed by atoms with Crippen LogP contribution in [0.2, 0.25) is 0 Å². The zero-order valence-electron chi connectivity index (χ0n) is 8.53. The average molecular weight is 268 g/mol. The van der Waals surface area contributed by atoms with Crippen molar-refractivity contribution in [3.05, 3.63) is 35.9 Å². The normalized spacial score (nSPS) is 21.0. The van der Waals surface area contributed by atoms with Gasteiger partial charge >= 0.3 is 0 Å². The topological polar surface area (TPSA) is 20.3 Å². The van der Waals surface area contributed by atoms with Crippen LogP contribution in [-0.4, -0.2) is 28.7 Å². The predicted octanol–water partition coefficient (Wildman–Crippen LogP) is 2.22. The lowest BCUT2D eigenvalue weighted by molar-refractivity contribution is -0.127. The van der Waals surface area contributed by atoms with Gasteiger partial charge in [-0.3, -0.25) is 4.79 Å². The molecule has 0 N–H and O–H groups in total. The first-order chi connectivity index (χ1) is 7.27. The molecule has 2 nitrogen and oxygen atoms in total. The quantitative estimate of drug-likeness (QED) is 0.770. The van der Waals surface area contributed by atoms with Gasteiger partial charge in [0.1, 0.15) is 0 Å². The van der Waals surface area contributed by atoms with Crippen LogP contribution in [0.3, 0.4) is 0 Å². The van der Waals surface area contributed by atoms with Crippen LogP contribution >= 0.6 is 15.9 Å². The van der Waals surface area contributed by atoms with E-state index in [2.05, 4.69) is 28.1 Å². The van der Waals surface area contributed by atoms with Gasteiger partial charge in [-0.25, -0.2) is 0 Å². The van der Waals surface area contributed by atoms with Gasteiger partial charge in [-0.05, 0) is 18.4 Å². The molecule has 3 heteroatoms. The number of hydrogen-bond donors (Lipinski definition) is 0. The third kappa shape index (κ3) is 2.59. The second-order valence-electron chi connectivity index (χ2n) is 3.82. The molecule has 1 heterocycles. The zero-order valence-corrected chi connectivity index (χ0v) is 10.1. The van der Waals surface area contributed by atoms with Crippen molar-refractivity contribution in [1.82, 2.24) is 4.90 Å². The van der Waals surface area contributed by atoms with Crippen LogP contribution < -0.4 is 0 Å². The molecular weight excluding hydrogens is 254 g/mol. The van der Waals surface area contributed by atoms with E-state index in [0.29, 0.717) is 0 Å². The summed E-state index contributed by atoms with van der Waals surface area (Å²) in [7, 11) is 0. The van der Waals surface area contributed by atoms with Gasteiger partial charge in [0.15, 0.2) is 0 Å². The zero-order chi connectivity index (χ0) is 10.7. The van der Waals surface area contributed by atoms with E-state index >= 15 is 0 Å². The predicted molar refractivity (Wildman–Crippen MR) is 64.1 cm³/mol. The molecule has 0 saturated carbocycles. The van der Waals surface area contributed by atoms with Gasteiger partial charge in [-0.15, -0.1) is 0 Å². The van der Waals surface area contributed by atoms with E-state index < -0.39 is 0 Å². The number of carbonyl (C=O) groups is 1. The fourth-order valence-corrected chi connectivity index (χ4v) is 2.33. The van der Waals surface area contributed by atoms with Crippen molar-refractivity contribution < 1.29 is 4.79 Å². The minimum Gasteiger partial charge on any atom is -0.341 e. The minimum absolute atomic E-state index is 0.0493. The monoisotopic (exact) mass is 267 g/mol. The molecule has 1 saturated heterocycles. The molecular formula is C12H14BrNO. The summed E-state index contributed by atoms with van der Waals surface area (Å²) in [5.74, 6) is 0.242. The Labute approximate surface area is 98.4 Å². The molecule has 1 amide bonds. The first-order valence-electron chi connectivity index (χ1n) is 5.24. The molecule has 1 unspecified atom stereocenters. The summed E-state index contributed by atoms with van der Waals surface area (Å²) >= 11 is 3.38. The van der Waals surface area contributed by atoms with Crippen LogP contribution in [0.1, 0.15) is 12.0 Å². The van der Waals surface area contributed by atoms with Crippen LogP contribution in [-0.2, 0) is 11.2 Å². The molecule has 80 valence electrons. The first kappa shape index (κ1) is 10.7. The Morgan fingerprint density at radius 3 is 2.67 bits per heavy atom. The fourth-order valence-electron chi connectivity index (χ4n) is 1.83. The number of rotatable bonds is 3. The number of amides is 1. The first-order valence-corrected chi connectivity index (χ1v) is 6.16. The maximum Gasteiger partial charge on any atom is 0.236 e. The Hall–Kier alpha value is -0.830. The van der Waals surface area contributed by atoms with Gasteiger partial charge in [0.05, 0.1) is 4.83 Å². The van der Waals surface area contributed by atoms with Crippen LogP contribution in [0.15, 0.2) is 30.3 Å². The van der Waals surface area contributed by atoms with E-state index in [1.807, 2.05) is 23.1 Å². The van der Waals surface area contributed by atoms with Crippen molar-refractivity contribution in [3.63, 3.8) is 0 Å². The maximum atomic E-state index is 11.6. The minimum atomic E-state index is 0.0493. The maximum absolute atomic E-state index is 11.6. The van der Waals surface area contributed by atoms with Crippen molar-refractivity contribution in [1.29, 1.82) is 0 Å². The number of alkyl halides is 1. The number of hydrogen-bond acceptors (Lipinski definition) is 1.